The third-order valence-electron chi connectivity index (χ3n) is 6.25. The summed E-state index contributed by atoms with van der Waals surface area (Å²) in [6.45, 7) is 5.66. The van der Waals surface area contributed by atoms with Crippen LogP contribution in [0, 0.1) is 5.92 Å². The number of ether oxygens (including phenoxy) is 1. The molecule has 1 aliphatic carbocycles. The van der Waals surface area contributed by atoms with Gasteiger partial charge in [-0.2, -0.15) is 0 Å². The Kier molecular flexibility index (Phi) is 3.88. The maximum Gasteiger partial charge on any atom is 0.417 e. The number of Topliss-reactive ketones (excluding diaryl/α,β-unsaturated/α-hetero) is 1. The van der Waals surface area contributed by atoms with Crippen LogP contribution in [0.25, 0.3) is 0 Å². The van der Waals surface area contributed by atoms with Crippen molar-refractivity contribution in [3.05, 3.63) is 29.8 Å². The zero-order chi connectivity index (χ0) is 19.6. The number of fused-ring (bicyclic) bond motifs is 1. The first-order valence-corrected chi connectivity index (χ1v) is 9.53. The van der Waals surface area contributed by atoms with Crippen LogP contribution in [0.3, 0.4) is 0 Å². The van der Waals surface area contributed by atoms with E-state index in [9.17, 15) is 14.4 Å². The minimum absolute atomic E-state index is 0.0362. The Labute approximate surface area is 159 Å². The van der Waals surface area contributed by atoms with Gasteiger partial charge >= 0.3 is 6.09 Å². The van der Waals surface area contributed by atoms with E-state index in [2.05, 4.69) is 17.0 Å². The molecule has 6 heteroatoms. The van der Waals surface area contributed by atoms with Crippen molar-refractivity contribution in [1.82, 2.24) is 4.90 Å². The second-order valence-corrected chi connectivity index (χ2v) is 8.90. The molecule has 0 aromatic heterocycles. The largest absolute Gasteiger partial charge is 0.443 e. The number of benzene rings is 1. The van der Waals surface area contributed by atoms with Gasteiger partial charge < -0.3 is 9.64 Å². The smallest absolute Gasteiger partial charge is 0.417 e. The second-order valence-electron chi connectivity index (χ2n) is 8.90. The van der Waals surface area contributed by atoms with Gasteiger partial charge in [-0.25, -0.2) is 9.69 Å². The normalized spacial score (nSPS) is 29.9. The molecule has 4 rings (SSSR count). The van der Waals surface area contributed by atoms with E-state index in [1.165, 1.54) is 4.90 Å². The summed E-state index contributed by atoms with van der Waals surface area (Å²) in [7, 11) is 2.00. The Hall–Kier alpha value is -2.37. The van der Waals surface area contributed by atoms with Crippen molar-refractivity contribution < 1.29 is 19.1 Å². The molecule has 1 spiro atoms. The number of amides is 2. The van der Waals surface area contributed by atoms with E-state index in [0.717, 1.165) is 11.3 Å². The number of ketones is 1. The quantitative estimate of drug-likeness (QED) is 0.702. The van der Waals surface area contributed by atoms with Crippen molar-refractivity contribution in [2.24, 2.45) is 5.92 Å². The number of imide groups is 1. The molecule has 2 fully saturated rings. The number of nitrogens with zero attached hydrogens (tertiary/aromatic N) is 2. The molecule has 1 saturated carbocycles. The van der Waals surface area contributed by atoms with Crippen LogP contribution in [0.15, 0.2) is 24.3 Å². The van der Waals surface area contributed by atoms with Crippen LogP contribution >= 0.6 is 0 Å². The minimum atomic E-state index is -0.669. The summed E-state index contributed by atoms with van der Waals surface area (Å²) >= 11 is 0. The van der Waals surface area contributed by atoms with Crippen molar-refractivity contribution in [2.45, 2.75) is 57.1 Å². The second kappa shape index (κ2) is 5.81. The highest BCUT2D eigenvalue weighted by Gasteiger charge is 2.62. The van der Waals surface area contributed by atoms with E-state index < -0.39 is 23.0 Å². The summed E-state index contributed by atoms with van der Waals surface area (Å²) in [6, 6.07) is 8.06. The predicted molar refractivity (Wildman–Crippen MR) is 101 cm³/mol. The number of carbonyl (C=O) groups excluding carboxylic acids is 3. The van der Waals surface area contributed by atoms with E-state index in [1.807, 2.05) is 19.2 Å². The Bertz CT molecular complexity index is 828. The number of likely N-dealkylation sites (N-methyl/N-ethyl adjacent to an activating group) is 1. The van der Waals surface area contributed by atoms with Crippen molar-refractivity contribution >= 4 is 23.5 Å². The van der Waals surface area contributed by atoms with Crippen LogP contribution in [0.1, 0.15) is 45.6 Å². The standard InChI is InChI=1S/C21H26N2O4/c1-20(2,3)27-19(26)23-10-9-21-14-7-5-6-8-16(14)22(4)17(21)12-13(24)11-15(21)18(23)25/h5-8,15,17H,9-12H2,1-4H3/t15-,17-,21+/m0/s1. The zero-order valence-electron chi connectivity index (χ0n) is 16.3. The molecule has 3 aliphatic rings. The number of hydrogen-bond donors (Lipinski definition) is 0. The summed E-state index contributed by atoms with van der Waals surface area (Å²) in [5, 5.41) is 0. The average Bonchev–Trinajstić information content (AvgIpc) is 2.82. The Morgan fingerprint density at radius 3 is 2.59 bits per heavy atom. The SMILES string of the molecule is CN1c2ccccc2[C@]23CCN(C(=O)OC(C)(C)C)C(=O)[C@@H]2CC(=O)C[C@H]13. The van der Waals surface area contributed by atoms with Crippen LogP contribution < -0.4 is 4.90 Å². The topological polar surface area (TPSA) is 66.9 Å². The zero-order valence-corrected chi connectivity index (χ0v) is 16.3. The maximum absolute atomic E-state index is 13.3. The highest BCUT2D eigenvalue weighted by molar-refractivity contribution is 5.99. The molecule has 0 radical (unpaired) electrons. The summed E-state index contributed by atoms with van der Waals surface area (Å²) in [6.07, 6.45) is 0.678. The molecule has 2 heterocycles. The molecule has 2 amide bonds. The molecular formula is C21H26N2O4. The van der Waals surface area contributed by atoms with Gasteiger partial charge in [-0.1, -0.05) is 18.2 Å². The minimum Gasteiger partial charge on any atom is -0.443 e. The van der Waals surface area contributed by atoms with Gasteiger partial charge in [0, 0.05) is 43.6 Å². The number of piperidine rings is 1. The van der Waals surface area contributed by atoms with Gasteiger partial charge in [0.15, 0.2) is 0 Å². The molecule has 1 aromatic rings. The van der Waals surface area contributed by atoms with Crippen molar-refractivity contribution in [3.63, 3.8) is 0 Å². The van der Waals surface area contributed by atoms with Crippen LogP contribution in [0.2, 0.25) is 0 Å². The van der Waals surface area contributed by atoms with E-state index in [0.29, 0.717) is 19.4 Å². The molecule has 1 aromatic carbocycles. The molecule has 2 aliphatic heterocycles. The lowest BCUT2D eigenvalue weighted by molar-refractivity contribution is -0.147. The van der Waals surface area contributed by atoms with Crippen LogP contribution in [0.4, 0.5) is 10.5 Å². The van der Waals surface area contributed by atoms with Gasteiger partial charge in [0.05, 0.1) is 5.92 Å². The van der Waals surface area contributed by atoms with Gasteiger partial charge in [0.1, 0.15) is 11.4 Å². The lowest BCUT2D eigenvalue weighted by Crippen LogP contribution is -2.63. The van der Waals surface area contributed by atoms with Crippen molar-refractivity contribution in [1.29, 1.82) is 0 Å². The predicted octanol–water partition coefficient (Wildman–Crippen LogP) is 2.89. The molecule has 27 heavy (non-hydrogen) atoms. The van der Waals surface area contributed by atoms with E-state index in [-0.39, 0.29) is 24.2 Å². The Morgan fingerprint density at radius 2 is 1.89 bits per heavy atom. The number of hydrogen-bond acceptors (Lipinski definition) is 5. The first-order chi connectivity index (χ1) is 12.6. The summed E-state index contributed by atoms with van der Waals surface area (Å²) in [5.41, 5.74) is 1.14. The van der Waals surface area contributed by atoms with Gasteiger partial charge in [-0.15, -0.1) is 0 Å². The molecule has 3 atom stereocenters. The van der Waals surface area contributed by atoms with Crippen LogP contribution in [-0.2, 0) is 19.7 Å². The highest BCUT2D eigenvalue weighted by Crippen LogP contribution is 2.57. The van der Waals surface area contributed by atoms with E-state index >= 15 is 0 Å². The number of carbonyl (C=O) groups is 3. The third kappa shape index (κ3) is 2.57. The first-order valence-electron chi connectivity index (χ1n) is 9.53. The molecule has 0 unspecified atom stereocenters. The number of para-hydroxylation sites is 1. The fourth-order valence-corrected chi connectivity index (χ4v) is 5.19. The van der Waals surface area contributed by atoms with Crippen LogP contribution in [0.5, 0.6) is 0 Å². The number of anilines is 1. The third-order valence-corrected chi connectivity index (χ3v) is 6.25. The summed E-state index contributed by atoms with van der Waals surface area (Å²) < 4.78 is 5.42. The summed E-state index contributed by atoms with van der Waals surface area (Å²) in [5.74, 6) is -0.713. The van der Waals surface area contributed by atoms with Gasteiger partial charge in [0.25, 0.3) is 0 Å². The lowest BCUT2D eigenvalue weighted by Gasteiger charge is -2.50. The van der Waals surface area contributed by atoms with Gasteiger partial charge in [-0.3, -0.25) is 9.59 Å². The molecule has 0 bridgehead atoms. The molecule has 1 saturated heterocycles. The molecule has 6 nitrogen and oxygen atoms in total. The maximum atomic E-state index is 13.3. The number of rotatable bonds is 0. The fraction of sp³-hybridized carbons (Fsp3) is 0.571. The van der Waals surface area contributed by atoms with Crippen LogP contribution in [-0.4, -0.2) is 47.9 Å². The molecule has 0 N–H and O–H groups in total. The Balaban J connectivity index is 1.74. The highest BCUT2D eigenvalue weighted by atomic mass is 16.6. The Morgan fingerprint density at radius 1 is 1.19 bits per heavy atom. The number of likely N-dealkylation sites (tertiary alicyclic amines) is 1. The lowest BCUT2D eigenvalue weighted by atomic mass is 9.57. The fourth-order valence-electron chi connectivity index (χ4n) is 5.19. The van der Waals surface area contributed by atoms with Crippen molar-refractivity contribution in [3.8, 4) is 0 Å². The van der Waals surface area contributed by atoms with Gasteiger partial charge in [-0.05, 0) is 38.8 Å². The van der Waals surface area contributed by atoms with E-state index in [4.69, 9.17) is 4.74 Å². The molecular weight excluding hydrogens is 344 g/mol. The monoisotopic (exact) mass is 370 g/mol. The molecule has 144 valence electrons. The average molecular weight is 370 g/mol. The van der Waals surface area contributed by atoms with Gasteiger partial charge in [0.2, 0.25) is 5.91 Å². The first kappa shape index (κ1) is 18.0. The summed E-state index contributed by atoms with van der Waals surface area (Å²) in [4.78, 5) is 41.8. The van der Waals surface area contributed by atoms with E-state index in [1.54, 1.807) is 20.8 Å². The van der Waals surface area contributed by atoms with Crippen molar-refractivity contribution in [2.75, 3.05) is 18.5 Å².